The number of nitrogens with one attached hydrogen (secondary N) is 2. The number of amides is 2. The molecule has 2 aromatic carbocycles. The molecule has 0 saturated carbocycles. The van der Waals surface area contributed by atoms with E-state index in [-0.39, 0.29) is 24.5 Å². The smallest absolute Gasteiger partial charge is 0.255 e. The molecule has 204 valence electrons. The van der Waals surface area contributed by atoms with Gasteiger partial charge in [-0.2, -0.15) is 0 Å². The number of nitrogens with zero attached hydrogens (tertiary/aromatic N) is 3. The highest BCUT2D eigenvalue weighted by Crippen LogP contribution is 2.32. The molecule has 9 nitrogen and oxygen atoms in total. The lowest BCUT2D eigenvalue weighted by molar-refractivity contribution is -0.126. The van der Waals surface area contributed by atoms with Crippen LogP contribution in [-0.2, 0) is 16.1 Å². The summed E-state index contributed by atoms with van der Waals surface area (Å²) in [6.45, 7) is 5.11. The predicted molar refractivity (Wildman–Crippen MR) is 148 cm³/mol. The molecule has 2 aliphatic rings. The molecule has 5 rings (SSSR count). The van der Waals surface area contributed by atoms with E-state index in [4.69, 9.17) is 16.3 Å². The molecule has 0 spiro atoms. The van der Waals surface area contributed by atoms with E-state index >= 15 is 0 Å². The molecule has 1 saturated heterocycles. The highest BCUT2D eigenvalue weighted by molar-refractivity contribution is 6.33. The van der Waals surface area contributed by atoms with Gasteiger partial charge in [-0.05, 0) is 43.9 Å². The Kier molecular flexibility index (Phi) is 8.11. The van der Waals surface area contributed by atoms with Gasteiger partial charge < -0.3 is 25.4 Å². The maximum absolute atomic E-state index is 13.4. The molecule has 2 aliphatic heterocycles. The number of aliphatic hydroxyl groups is 1. The number of rotatable bonds is 8. The fourth-order valence-corrected chi connectivity index (χ4v) is 5.20. The van der Waals surface area contributed by atoms with Crippen molar-refractivity contribution in [3.05, 3.63) is 75.9 Å². The number of aryl methyl sites for hydroxylation is 1. The average Bonchev–Trinajstić information content (AvgIpc) is 3.28. The quantitative estimate of drug-likeness (QED) is 0.390. The largest absolute Gasteiger partial charge is 0.394 e. The third-order valence-corrected chi connectivity index (χ3v) is 7.58. The molecular formula is C29H32ClN5O4. The SMILES string of the molecule is Cc1cccc(C(CO)NC(=O)C(C)N2Cc3ccc(-c4nc(NC5CCOCC5)ncc4Cl)cc3C2=O)c1. The second-order valence-electron chi connectivity index (χ2n) is 10.1. The molecule has 3 aromatic rings. The molecule has 39 heavy (non-hydrogen) atoms. The maximum Gasteiger partial charge on any atom is 0.255 e. The number of aromatic nitrogens is 2. The first kappa shape index (κ1) is 27.1. The van der Waals surface area contributed by atoms with Crippen molar-refractivity contribution in [2.45, 2.75) is 51.4 Å². The highest BCUT2D eigenvalue weighted by atomic mass is 35.5. The van der Waals surface area contributed by atoms with Crippen molar-refractivity contribution in [1.82, 2.24) is 20.2 Å². The molecule has 0 aliphatic carbocycles. The van der Waals surface area contributed by atoms with E-state index in [0.717, 1.165) is 29.5 Å². The first-order chi connectivity index (χ1) is 18.8. The third kappa shape index (κ3) is 5.90. The fourth-order valence-electron chi connectivity index (χ4n) is 5.00. The topological polar surface area (TPSA) is 117 Å². The van der Waals surface area contributed by atoms with E-state index < -0.39 is 12.1 Å². The number of hydrogen-bond acceptors (Lipinski definition) is 7. The predicted octanol–water partition coefficient (Wildman–Crippen LogP) is 3.89. The number of hydrogen-bond donors (Lipinski definition) is 3. The van der Waals surface area contributed by atoms with Gasteiger partial charge in [-0.3, -0.25) is 9.59 Å². The summed E-state index contributed by atoms with van der Waals surface area (Å²) in [5.41, 5.74) is 4.41. The van der Waals surface area contributed by atoms with Crippen LogP contribution in [0.15, 0.2) is 48.7 Å². The van der Waals surface area contributed by atoms with Crippen molar-refractivity contribution in [1.29, 1.82) is 0 Å². The number of ether oxygens (including phenoxy) is 1. The van der Waals surface area contributed by atoms with Gasteiger partial charge in [0.05, 0.1) is 29.6 Å². The van der Waals surface area contributed by atoms with Crippen molar-refractivity contribution in [2.24, 2.45) is 0 Å². The number of halogens is 1. The Labute approximate surface area is 232 Å². The number of benzene rings is 2. The minimum absolute atomic E-state index is 0.229. The van der Waals surface area contributed by atoms with Gasteiger partial charge in [-0.1, -0.05) is 53.6 Å². The Bertz CT molecular complexity index is 1380. The molecule has 3 N–H and O–H groups in total. The van der Waals surface area contributed by atoms with Gasteiger partial charge in [0.25, 0.3) is 5.91 Å². The van der Waals surface area contributed by atoms with E-state index in [0.29, 0.717) is 47.6 Å². The number of anilines is 1. The first-order valence-electron chi connectivity index (χ1n) is 13.1. The monoisotopic (exact) mass is 549 g/mol. The van der Waals surface area contributed by atoms with Gasteiger partial charge in [0.15, 0.2) is 0 Å². The molecule has 3 heterocycles. The van der Waals surface area contributed by atoms with Crippen LogP contribution in [-0.4, -0.2) is 63.7 Å². The normalized spacial score (nSPS) is 17.0. The van der Waals surface area contributed by atoms with Crippen LogP contribution in [0.5, 0.6) is 0 Å². The van der Waals surface area contributed by atoms with Gasteiger partial charge in [0.1, 0.15) is 6.04 Å². The summed E-state index contributed by atoms with van der Waals surface area (Å²) >= 11 is 6.46. The van der Waals surface area contributed by atoms with Crippen molar-refractivity contribution in [3.8, 4) is 11.3 Å². The second-order valence-corrected chi connectivity index (χ2v) is 10.5. The first-order valence-corrected chi connectivity index (χ1v) is 13.5. The lowest BCUT2D eigenvalue weighted by Crippen LogP contribution is -2.46. The number of fused-ring (bicyclic) bond motifs is 1. The van der Waals surface area contributed by atoms with Gasteiger partial charge in [-0.25, -0.2) is 9.97 Å². The van der Waals surface area contributed by atoms with Crippen molar-refractivity contribution >= 4 is 29.4 Å². The zero-order chi connectivity index (χ0) is 27.5. The van der Waals surface area contributed by atoms with E-state index in [2.05, 4.69) is 20.6 Å². The van der Waals surface area contributed by atoms with E-state index in [1.54, 1.807) is 19.2 Å². The Morgan fingerprint density at radius 1 is 1.23 bits per heavy atom. The molecule has 2 amide bonds. The molecular weight excluding hydrogens is 518 g/mol. The standard InChI is InChI=1S/C29H32ClN5O4/c1-17-4-3-5-19(12-17)25(16-36)33-27(37)18(2)35-15-21-7-6-20(13-23(21)28(35)38)26-24(30)14-31-29(34-26)32-22-8-10-39-11-9-22/h3-7,12-14,18,22,25,36H,8-11,15-16H2,1-2H3,(H,33,37)(H,31,32,34). The van der Waals surface area contributed by atoms with E-state index in [1.807, 2.05) is 43.3 Å². The zero-order valence-electron chi connectivity index (χ0n) is 22.0. The molecule has 1 aromatic heterocycles. The van der Waals surface area contributed by atoms with E-state index in [1.165, 1.54) is 4.90 Å². The minimum Gasteiger partial charge on any atom is -0.394 e. The zero-order valence-corrected chi connectivity index (χ0v) is 22.7. The maximum atomic E-state index is 13.4. The summed E-state index contributed by atoms with van der Waals surface area (Å²) < 4.78 is 5.42. The van der Waals surface area contributed by atoms with Crippen LogP contribution in [0.3, 0.4) is 0 Å². The Morgan fingerprint density at radius 2 is 2.03 bits per heavy atom. The molecule has 2 unspecified atom stereocenters. The summed E-state index contributed by atoms with van der Waals surface area (Å²) in [5.74, 6) is -0.0944. The minimum atomic E-state index is -0.731. The Balaban J connectivity index is 1.31. The molecule has 2 atom stereocenters. The summed E-state index contributed by atoms with van der Waals surface area (Å²) in [6, 6.07) is 12.1. The molecule has 1 fully saturated rings. The summed E-state index contributed by atoms with van der Waals surface area (Å²) in [4.78, 5) is 37.0. The van der Waals surface area contributed by atoms with Gasteiger partial charge >= 0.3 is 0 Å². The number of carbonyl (C=O) groups is 2. The van der Waals surface area contributed by atoms with E-state index in [9.17, 15) is 14.7 Å². The van der Waals surface area contributed by atoms with Crippen molar-refractivity contribution in [3.63, 3.8) is 0 Å². The second kappa shape index (κ2) is 11.7. The van der Waals surface area contributed by atoms with Gasteiger partial charge in [-0.15, -0.1) is 0 Å². The van der Waals surface area contributed by atoms with Crippen LogP contribution in [0.4, 0.5) is 5.95 Å². The van der Waals surface area contributed by atoms with Crippen molar-refractivity contribution in [2.75, 3.05) is 25.1 Å². The van der Waals surface area contributed by atoms with Crippen LogP contribution in [0.1, 0.15) is 52.9 Å². The Hall–Kier alpha value is -3.53. The molecule has 0 radical (unpaired) electrons. The fraction of sp³-hybridized carbons (Fsp3) is 0.379. The summed E-state index contributed by atoms with van der Waals surface area (Å²) in [5, 5.41) is 16.5. The summed E-state index contributed by atoms with van der Waals surface area (Å²) in [7, 11) is 0. The molecule has 0 bridgehead atoms. The summed E-state index contributed by atoms with van der Waals surface area (Å²) in [6.07, 6.45) is 3.31. The lowest BCUT2D eigenvalue weighted by Gasteiger charge is -2.26. The third-order valence-electron chi connectivity index (χ3n) is 7.30. The van der Waals surface area contributed by atoms with Crippen LogP contribution in [0, 0.1) is 6.92 Å². The molecule has 10 heteroatoms. The number of carbonyl (C=O) groups excluding carboxylic acids is 2. The van der Waals surface area contributed by atoms with Gasteiger partial charge in [0, 0.05) is 36.9 Å². The van der Waals surface area contributed by atoms with Crippen LogP contribution in [0.25, 0.3) is 11.3 Å². The highest BCUT2D eigenvalue weighted by Gasteiger charge is 2.35. The van der Waals surface area contributed by atoms with Crippen LogP contribution >= 0.6 is 11.6 Å². The Morgan fingerprint density at radius 3 is 2.77 bits per heavy atom. The lowest BCUT2D eigenvalue weighted by atomic mass is 10.0. The van der Waals surface area contributed by atoms with Crippen LogP contribution in [0.2, 0.25) is 5.02 Å². The average molecular weight is 550 g/mol. The van der Waals surface area contributed by atoms with Crippen molar-refractivity contribution < 1.29 is 19.4 Å². The van der Waals surface area contributed by atoms with Gasteiger partial charge in [0.2, 0.25) is 11.9 Å². The number of aliphatic hydroxyl groups excluding tert-OH is 1. The van der Waals surface area contributed by atoms with Crippen LogP contribution < -0.4 is 10.6 Å².